The number of hydrogen-bond acceptors (Lipinski definition) is 6. The maximum atomic E-state index is 13.6. The summed E-state index contributed by atoms with van der Waals surface area (Å²) in [5.41, 5.74) is 4.78. The fourth-order valence-corrected chi connectivity index (χ4v) is 4.34. The Balaban J connectivity index is 1.66. The first-order valence-corrected chi connectivity index (χ1v) is 11.4. The van der Waals surface area contributed by atoms with Crippen molar-refractivity contribution in [2.45, 2.75) is 26.8 Å². The van der Waals surface area contributed by atoms with Crippen molar-refractivity contribution in [1.29, 1.82) is 0 Å². The maximum Gasteiger partial charge on any atom is 0.275 e. The van der Waals surface area contributed by atoms with Gasteiger partial charge in [0.15, 0.2) is 5.82 Å². The molecule has 1 unspecified atom stereocenters. The molecule has 2 heterocycles. The average Bonchev–Trinajstić information content (AvgIpc) is 3.29. The van der Waals surface area contributed by atoms with Gasteiger partial charge in [0.05, 0.1) is 16.1 Å². The summed E-state index contributed by atoms with van der Waals surface area (Å²) in [6.45, 7) is 5.80. The van der Waals surface area contributed by atoms with Gasteiger partial charge in [-0.3, -0.25) is 14.9 Å². The molecule has 0 aliphatic carbocycles. The molecule has 1 aliphatic heterocycles. The maximum absolute atomic E-state index is 13.6. The van der Waals surface area contributed by atoms with Gasteiger partial charge in [-0.25, -0.2) is 4.68 Å². The van der Waals surface area contributed by atoms with Gasteiger partial charge in [-0.1, -0.05) is 42.5 Å². The summed E-state index contributed by atoms with van der Waals surface area (Å²) in [5, 5.41) is 22.8. The fourth-order valence-electron chi connectivity index (χ4n) is 4.34. The number of aryl methyl sites for hydroxylation is 2. The lowest BCUT2D eigenvalue weighted by molar-refractivity contribution is -0.385. The number of allylic oxidation sites excluding steroid dienone is 1. The van der Waals surface area contributed by atoms with Crippen LogP contribution in [0.1, 0.15) is 29.7 Å². The number of nitro groups is 1. The van der Waals surface area contributed by atoms with Crippen LogP contribution in [0.25, 0.3) is 11.4 Å². The summed E-state index contributed by atoms with van der Waals surface area (Å²) in [6.07, 6.45) is 0. The number of nitro benzene ring substituents is 1. The monoisotopic (exact) mass is 480 g/mol. The van der Waals surface area contributed by atoms with Crippen molar-refractivity contribution in [3.8, 4) is 11.4 Å². The lowest BCUT2D eigenvalue weighted by Crippen LogP contribution is -2.31. The van der Waals surface area contributed by atoms with Crippen LogP contribution < -0.4 is 10.6 Å². The fraction of sp³-hybridized carbons (Fsp3) is 0.148. The van der Waals surface area contributed by atoms with Crippen LogP contribution >= 0.6 is 0 Å². The predicted molar refractivity (Wildman–Crippen MR) is 138 cm³/mol. The number of para-hydroxylation sites is 2. The minimum atomic E-state index is -0.862. The first-order valence-electron chi connectivity index (χ1n) is 11.4. The molecule has 180 valence electrons. The second-order valence-electron chi connectivity index (χ2n) is 8.70. The summed E-state index contributed by atoms with van der Waals surface area (Å²) in [4.78, 5) is 29.8. The molecule has 36 heavy (non-hydrogen) atoms. The Morgan fingerprint density at radius 2 is 1.72 bits per heavy atom. The van der Waals surface area contributed by atoms with Crippen LogP contribution in [0.2, 0.25) is 0 Å². The summed E-state index contributed by atoms with van der Waals surface area (Å²) >= 11 is 0. The van der Waals surface area contributed by atoms with Crippen molar-refractivity contribution >= 4 is 23.2 Å². The molecule has 1 aromatic heterocycles. The largest absolute Gasteiger partial charge is 0.328 e. The molecule has 0 spiro atoms. The van der Waals surface area contributed by atoms with E-state index in [9.17, 15) is 14.9 Å². The Kier molecular flexibility index (Phi) is 5.81. The SMILES string of the molecule is CC1=C(C(=O)Nc2ccccc2)C(c2ccccc2[N+](=O)[O-])n2nc(-c3ccc(C)c(C)c3)nc2N1. The van der Waals surface area contributed by atoms with Crippen molar-refractivity contribution in [3.63, 3.8) is 0 Å². The number of benzene rings is 3. The van der Waals surface area contributed by atoms with Crippen molar-refractivity contribution in [3.05, 3.63) is 111 Å². The molecular formula is C27H24N6O3. The third-order valence-corrected chi connectivity index (χ3v) is 6.32. The molecule has 1 atom stereocenters. The average molecular weight is 481 g/mol. The van der Waals surface area contributed by atoms with E-state index in [4.69, 9.17) is 5.10 Å². The Morgan fingerprint density at radius 1 is 1.00 bits per heavy atom. The van der Waals surface area contributed by atoms with Crippen LogP contribution in [0.3, 0.4) is 0 Å². The van der Waals surface area contributed by atoms with Crippen LogP contribution in [0, 0.1) is 24.0 Å². The van der Waals surface area contributed by atoms with Gasteiger partial charge >= 0.3 is 0 Å². The first kappa shape index (κ1) is 23.0. The highest BCUT2D eigenvalue weighted by molar-refractivity contribution is 6.06. The van der Waals surface area contributed by atoms with Crippen LogP contribution in [0.5, 0.6) is 0 Å². The summed E-state index contributed by atoms with van der Waals surface area (Å²) in [5.74, 6) is 0.477. The van der Waals surface area contributed by atoms with E-state index < -0.39 is 11.0 Å². The van der Waals surface area contributed by atoms with Crippen molar-refractivity contribution in [1.82, 2.24) is 14.8 Å². The van der Waals surface area contributed by atoms with Crippen molar-refractivity contribution in [2.75, 3.05) is 10.6 Å². The van der Waals surface area contributed by atoms with Crippen LogP contribution in [-0.4, -0.2) is 25.6 Å². The summed E-state index contributed by atoms with van der Waals surface area (Å²) in [7, 11) is 0. The molecule has 1 aliphatic rings. The van der Waals surface area contributed by atoms with E-state index in [0.29, 0.717) is 34.3 Å². The quantitative estimate of drug-likeness (QED) is 0.292. The third kappa shape index (κ3) is 4.11. The van der Waals surface area contributed by atoms with Crippen molar-refractivity contribution in [2.24, 2.45) is 0 Å². The van der Waals surface area contributed by atoms with E-state index in [1.54, 1.807) is 41.9 Å². The minimum absolute atomic E-state index is 0.101. The lowest BCUT2D eigenvalue weighted by Gasteiger charge is -2.28. The Hall–Kier alpha value is -4.79. The van der Waals surface area contributed by atoms with Gasteiger partial charge in [0.2, 0.25) is 5.95 Å². The van der Waals surface area contributed by atoms with Crippen LogP contribution in [0.4, 0.5) is 17.3 Å². The zero-order valence-corrected chi connectivity index (χ0v) is 20.0. The molecule has 4 aromatic rings. The van der Waals surface area contributed by atoms with Gasteiger partial charge in [-0.05, 0) is 56.2 Å². The Bertz CT molecular complexity index is 1520. The molecule has 0 radical (unpaired) electrons. The number of rotatable bonds is 5. The van der Waals surface area contributed by atoms with Gasteiger partial charge in [-0.2, -0.15) is 4.98 Å². The number of nitrogens with one attached hydrogen (secondary N) is 2. The number of carbonyl (C=O) groups is 1. The van der Waals surface area contributed by atoms with Crippen molar-refractivity contribution < 1.29 is 9.72 Å². The third-order valence-electron chi connectivity index (χ3n) is 6.32. The molecule has 0 fully saturated rings. The highest BCUT2D eigenvalue weighted by Gasteiger charge is 2.37. The molecule has 0 bridgehead atoms. The van der Waals surface area contributed by atoms with E-state index >= 15 is 0 Å². The number of fused-ring (bicyclic) bond motifs is 1. The van der Waals surface area contributed by atoms with Gasteiger partial charge in [0.1, 0.15) is 6.04 Å². The van der Waals surface area contributed by atoms with Gasteiger partial charge < -0.3 is 10.6 Å². The molecule has 0 saturated heterocycles. The van der Waals surface area contributed by atoms with Crippen LogP contribution in [-0.2, 0) is 4.79 Å². The van der Waals surface area contributed by atoms with Gasteiger partial charge in [0.25, 0.3) is 11.6 Å². The molecule has 2 N–H and O–H groups in total. The number of carbonyl (C=O) groups excluding carboxylic acids is 1. The number of anilines is 2. The van der Waals surface area contributed by atoms with E-state index in [1.807, 2.05) is 50.2 Å². The van der Waals surface area contributed by atoms with E-state index in [-0.39, 0.29) is 11.6 Å². The minimum Gasteiger partial charge on any atom is -0.328 e. The van der Waals surface area contributed by atoms with Crippen LogP contribution in [0.15, 0.2) is 84.1 Å². The Morgan fingerprint density at radius 3 is 2.44 bits per heavy atom. The second-order valence-corrected chi connectivity index (χ2v) is 8.70. The molecule has 5 rings (SSSR count). The normalized spacial score (nSPS) is 14.7. The molecule has 9 nitrogen and oxygen atoms in total. The van der Waals surface area contributed by atoms with Gasteiger partial charge in [-0.15, -0.1) is 5.10 Å². The smallest absolute Gasteiger partial charge is 0.275 e. The number of amides is 1. The summed E-state index contributed by atoms with van der Waals surface area (Å²) < 4.78 is 1.56. The van der Waals surface area contributed by atoms with E-state index in [1.165, 1.54) is 6.07 Å². The Labute approximate surface area is 207 Å². The second kappa shape index (κ2) is 9.10. The molecule has 1 amide bonds. The highest BCUT2D eigenvalue weighted by Crippen LogP contribution is 2.40. The predicted octanol–water partition coefficient (Wildman–Crippen LogP) is 5.40. The van der Waals surface area contributed by atoms with E-state index in [0.717, 1.165) is 16.7 Å². The molecule has 3 aromatic carbocycles. The topological polar surface area (TPSA) is 115 Å². The molecule has 9 heteroatoms. The first-order chi connectivity index (χ1) is 17.3. The molecular weight excluding hydrogens is 456 g/mol. The number of hydrogen-bond donors (Lipinski definition) is 2. The zero-order chi connectivity index (χ0) is 25.4. The zero-order valence-electron chi connectivity index (χ0n) is 20.0. The summed E-state index contributed by atoms with van der Waals surface area (Å²) in [6, 6.07) is 20.5. The number of nitrogens with zero attached hydrogens (tertiary/aromatic N) is 4. The molecule has 0 saturated carbocycles. The van der Waals surface area contributed by atoms with Gasteiger partial charge in [0, 0.05) is 23.0 Å². The lowest BCUT2D eigenvalue weighted by atomic mass is 9.93. The number of aromatic nitrogens is 3. The van der Waals surface area contributed by atoms with E-state index in [2.05, 4.69) is 15.6 Å². The standard InChI is InChI=1S/C27H24N6O3/c1-16-13-14-19(15-17(16)2)25-30-27-28-18(3)23(26(34)29-20-9-5-4-6-10-20)24(32(27)31-25)21-11-7-8-12-22(21)33(35)36/h4-15,24H,1-3H3,(H,29,34)(H,28,30,31). The highest BCUT2D eigenvalue weighted by atomic mass is 16.6.